The van der Waals surface area contributed by atoms with Crippen molar-refractivity contribution in [2.75, 3.05) is 13.1 Å². The Kier molecular flexibility index (Phi) is 4.68. The van der Waals surface area contributed by atoms with Gasteiger partial charge < -0.3 is 10.2 Å². The van der Waals surface area contributed by atoms with E-state index in [9.17, 15) is 22.8 Å². The molecule has 146 valence electrons. The Morgan fingerprint density at radius 2 is 1.46 bits per heavy atom. The highest BCUT2D eigenvalue weighted by atomic mass is 19.4. The molecule has 3 aliphatic carbocycles. The van der Waals surface area contributed by atoms with Crippen LogP contribution in [0.5, 0.6) is 0 Å². The fraction of sp³-hybridized carbons (Fsp3) is 0.895. The first-order chi connectivity index (χ1) is 12.3. The molecule has 4 fully saturated rings. The Hall–Kier alpha value is -1.27. The third-order valence-electron chi connectivity index (χ3n) is 7.35. The second-order valence-corrected chi connectivity index (χ2v) is 8.78. The van der Waals surface area contributed by atoms with Crippen molar-refractivity contribution in [1.82, 2.24) is 10.2 Å². The Labute approximate surface area is 151 Å². The summed E-state index contributed by atoms with van der Waals surface area (Å²) in [6, 6.07) is 0.249. The fourth-order valence-corrected chi connectivity index (χ4v) is 6.10. The molecule has 4 aliphatic rings. The van der Waals surface area contributed by atoms with E-state index in [0.29, 0.717) is 24.7 Å². The number of nitrogens with zero attached hydrogens (tertiary/aromatic N) is 1. The normalized spacial score (nSPS) is 37.5. The van der Waals surface area contributed by atoms with Crippen molar-refractivity contribution >= 4 is 11.8 Å². The van der Waals surface area contributed by atoms with Gasteiger partial charge in [0.25, 0.3) is 0 Å². The third kappa shape index (κ3) is 3.33. The molecular weight excluding hydrogens is 345 g/mol. The van der Waals surface area contributed by atoms with Gasteiger partial charge in [0.1, 0.15) is 0 Å². The second kappa shape index (κ2) is 6.71. The molecule has 5 atom stereocenters. The maximum atomic E-state index is 12.7. The molecule has 4 rings (SSSR count). The van der Waals surface area contributed by atoms with Crippen molar-refractivity contribution in [2.24, 2.45) is 29.6 Å². The number of fused-ring (bicyclic) bond motifs is 2. The molecule has 2 amide bonds. The minimum absolute atomic E-state index is 0.0120. The van der Waals surface area contributed by atoms with Gasteiger partial charge in [0.2, 0.25) is 5.91 Å². The number of hydrogen-bond donors (Lipinski definition) is 1. The van der Waals surface area contributed by atoms with Gasteiger partial charge in [-0.15, -0.1) is 0 Å². The van der Waals surface area contributed by atoms with Gasteiger partial charge in [0.15, 0.2) is 0 Å². The lowest BCUT2D eigenvalue weighted by atomic mass is 9.75. The Balaban J connectivity index is 1.33. The number of rotatable bonds is 2. The van der Waals surface area contributed by atoms with Gasteiger partial charge in [-0.1, -0.05) is 12.8 Å². The second-order valence-electron chi connectivity index (χ2n) is 8.78. The van der Waals surface area contributed by atoms with Gasteiger partial charge in [-0.3, -0.25) is 9.59 Å². The zero-order chi connectivity index (χ0) is 18.5. The molecule has 0 spiro atoms. The summed E-state index contributed by atoms with van der Waals surface area (Å²) in [5, 5.41) is 3.28. The van der Waals surface area contributed by atoms with Crippen LogP contribution in [0.3, 0.4) is 0 Å². The highest BCUT2D eigenvalue weighted by Crippen LogP contribution is 2.53. The van der Waals surface area contributed by atoms with Crippen LogP contribution in [0.15, 0.2) is 0 Å². The average Bonchev–Trinajstić information content (AvgIpc) is 2.84. The molecule has 1 saturated heterocycles. The number of alkyl halides is 3. The number of carbonyl (C=O) groups is 2. The van der Waals surface area contributed by atoms with Crippen molar-refractivity contribution in [1.29, 1.82) is 0 Å². The van der Waals surface area contributed by atoms with E-state index in [-0.39, 0.29) is 31.0 Å². The van der Waals surface area contributed by atoms with Crippen molar-refractivity contribution in [3.8, 4) is 0 Å². The summed E-state index contributed by atoms with van der Waals surface area (Å²) in [7, 11) is 0. The van der Waals surface area contributed by atoms with Crippen LogP contribution in [0.2, 0.25) is 0 Å². The van der Waals surface area contributed by atoms with Gasteiger partial charge in [-0.2, -0.15) is 13.2 Å². The molecule has 4 nitrogen and oxygen atoms in total. The summed E-state index contributed by atoms with van der Waals surface area (Å²) < 4.78 is 37.6. The van der Waals surface area contributed by atoms with E-state index in [4.69, 9.17) is 0 Å². The lowest BCUT2D eigenvalue weighted by Crippen LogP contribution is -2.51. The van der Waals surface area contributed by atoms with E-state index >= 15 is 0 Å². The van der Waals surface area contributed by atoms with Gasteiger partial charge in [-0.25, -0.2) is 0 Å². The predicted octanol–water partition coefficient (Wildman–Crippen LogP) is 3.12. The van der Waals surface area contributed by atoms with Crippen molar-refractivity contribution in [3.05, 3.63) is 0 Å². The largest absolute Gasteiger partial charge is 0.471 e. The van der Waals surface area contributed by atoms with Gasteiger partial charge in [0, 0.05) is 25.0 Å². The van der Waals surface area contributed by atoms with E-state index in [1.54, 1.807) is 0 Å². The summed E-state index contributed by atoms with van der Waals surface area (Å²) >= 11 is 0. The molecule has 1 aliphatic heterocycles. The molecule has 5 unspecified atom stereocenters. The van der Waals surface area contributed by atoms with Crippen LogP contribution >= 0.6 is 0 Å². The van der Waals surface area contributed by atoms with E-state index < -0.39 is 12.1 Å². The first-order valence-electron chi connectivity index (χ1n) is 9.99. The molecule has 3 saturated carbocycles. The Morgan fingerprint density at radius 3 is 2.15 bits per heavy atom. The number of carbonyl (C=O) groups excluding carboxylic acids is 2. The fourth-order valence-electron chi connectivity index (χ4n) is 6.10. The lowest BCUT2D eigenvalue weighted by Gasteiger charge is -2.39. The molecule has 0 aromatic carbocycles. The smallest absolute Gasteiger partial charge is 0.353 e. The van der Waals surface area contributed by atoms with Gasteiger partial charge >= 0.3 is 12.1 Å². The minimum Gasteiger partial charge on any atom is -0.353 e. The number of hydrogen-bond acceptors (Lipinski definition) is 2. The quantitative estimate of drug-likeness (QED) is 0.810. The lowest BCUT2D eigenvalue weighted by molar-refractivity contribution is -0.186. The molecule has 1 N–H and O–H groups in total. The first kappa shape index (κ1) is 18.1. The van der Waals surface area contributed by atoms with Gasteiger partial charge in [0.05, 0.1) is 0 Å². The van der Waals surface area contributed by atoms with E-state index in [2.05, 4.69) is 5.32 Å². The number of amides is 2. The monoisotopic (exact) mass is 372 g/mol. The number of halogens is 3. The highest BCUT2D eigenvalue weighted by molar-refractivity contribution is 5.83. The molecule has 7 heteroatoms. The molecule has 3 bridgehead atoms. The van der Waals surface area contributed by atoms with Crippen LogP contribution < -0.4 is 5.32 Å². The summed E-state index contributed by atoms with van der Waals surface area (Å²) in [6.07, 6.45) is 3.27. The van der Waals surface area contributed by atoms with Crippen LogP contribution in [0.4, 0.5) is 13.2 Å². The van der Waals surface area contributed by atoms with E-state index in [1.807, 2.05) is 0 Å². The van der Waals surface area contributed by atoms with Crippen molar-refractivity contribution in [2.45, 2.75) is 63.6 Å². The standard InChI is InChI=1S/C19H27F3N2O2/c20-19(21,22)18(26)24-6-4-11(5-7-24)17(25)23-16-13-3-1-2-12-8-15(16)10-14(12)9-13/h11-16H,1-10H2,(H,23,25). The topological polar surface area (TPSA) is 49.4 Å². The molecule has 0 radical (unpaired) electrons. The van der Waals surface area contributed by atoms with Crippen LogP contribution in [0.1, 0.15) is 51.4 Å². The Bertz CT molecular complexity index is 572. The zero-order valence-electron chi connectivity index (χ0n) is 14.9. The summed E-state index contributed by atoms with van der Waals surface area (Å²) in [5.74, 6) is 0.768. The molecule has 1 heterocycles. The summed E-state index contributed by atoms with van der Waals surface area (Å²) in [6.45, 7) is 0.0240. The number of likely N-dealkylation sites (tertiary alicyclic amines) is 1. The van der Waals surface area contributed by atoms with Gasteiger partial charge in [-0.05, 0) is 62.2 Å². The van der Waals surface area contributed by atoms with Crippen molar-refractivity contribution < 1.29 is 22.8 Å². The predicted molar refractivity (Wildman–Crippen MR) is 89.0 cm³/mol. The molecule has 0 aromatic heterocycles. The third-order valence-corrected chi connectivity index (χ3v) is 7.35. The van der Waals surface area contributed by atoms with Crippen LogP contribution in [0.25, 0.3) is 0 Å². The number of nitrogens with one attached hydrogen (secondary N) is 1. The molecule has 26 heavy (non-hydrogen) atoms. The minimum atomic E-state index is -4.83. The summed E-state index contributed by atoms with van der Waals surface area (Å²) in [4.78, 5) is 24.9. The highest BCUT2D eigenvalue weighted by Gasteiger charge is 2.49. The molecular formula is C19H27F3N2O2. The van der Waals surface area contributed by atoms with E-state index in [1.165, 1.54) is 38.5 Å². The number of piperidine rings is 1. The first-order valence-corrected chi connectivity index (χ1v) is 9.99. The summed E-state index contributed by atoms with van der Waals surface area (Å²) in [5.41, 5.74) is 0. The average molecular weight is 372 g/mol. The van der Waals surface area contributed by atoms with Crippen LogP contribution in [0, 0.1) is 29.6 Å². The van der Waals surface area contributed by atoms with E-state index in [0.717, 1.165) is 16.7 Å². The SMILES string of the molecule is O=C(NC1C2CCCC3CC1CC3C2)C1CCN(C(=O)C(F)(F)F)CC1. The van der Waals surface area contributed by atoms with Crippen molar-refractivity contribution in [3.63, 3.8) is 0 Å². The maximum absolute atomic E-state index is 12.7. The van der Waals surface area contributed by atoms with Crippen LogP contribution in [-0.4, -0.2) is 42.0 Å². The molecule has 0 aromatic rings. The Morgan fingerprint density at radius 1 is 0.846 bits per heavy atom. The zero-order valence-corrected chi connectivity index (χ0v) is 14.9. The van der Waals surface area contributed by atoms with Crippen LogP contribution in [-0.2, 0) is 9.59 Å². The maximum Gasteiger partial charge on any atom is 0.471 e.